The number of aromatic nitrogens is 3. The Labute approximate surface area is 137 Å². The molecule has 1 aliphatic rings. The Bertz CT molecular complexity index is 879. The number of anilines is 1. The van der Waals surface area contributed by atoms with Gasteiger partial charge in [-0.1, -0.05) is 6.07 Å². The quantitative estimate of drug-likeness (QED) is 0.773. The molecule has 1 aliphatic carbocycles. The first-order valence-corrected chi connectivity index (χ1v) is 8.79. The van der Waals surface area contributed by atoms with Crippen molar-refractivity contribution in [2.75, 3.05) is 11.9 Å². The highest BCUT2D eigenvalue weighted by Crippen LogP contribution is 2.37. The third-order valence-electron chi connectivity index (χ3n) is 4.31. The number of nitrogens with zero attached hydrogens (tertiary/aromatic N) is 2. The van der Waals surface area contributed by atoms with Gasteiger partial charge in [-0.25, -0.2) is 9.97 Å². The maximum Gasteiger partial charge on any atom is 0.247 e. The van der Waals surface area contributed by atoms with Crippen molar-refractivity contribution in [1.82, 2.24) is 15.0 Å². The minimum atomic E-state index is -0.0656. The van der Waals surface area contributed by atoms with Crippen molar-refractivity contribution in [2.24, 2.45) is 0 Å². The van der Waals surface area contributed by atoms with Crippen LogP contribution in [-0.2, 0) is 19.3 Å². The molecule has 0 amide bonds. The number of nitrogens with one attached hydrogen (secondary N) is 2. The average molecular weight is 326 g/mol. The predicted octanol–water partition coefficient (Wildman–Crippen LogP) is 2.91. The summed E-state index contributed by atoms with van der Waals surface area (Å²) < 4.78 is 0. The fraction of sp³-hybridized carbons (Fsp3) is 0.353. The van der Waals surface area contributed by atoms with Crippen molar-refractivity contribution in [3.05, 3.63) is 51.0 Å². The molecule has 0 saturated carbocycles. The van der Waals surface area contributed by atoms with Crippen LogP contribution in [0, 0.1) is 0 Å². The van der Waals surface area contributed by atoms with E-state index in [1.807, 2.05) is 17.4 Å². The summed E-state index contributed by atoms with van der Waals surface area (Å²) in [6.07, 6.45) is 9.10. The summed E-state index contributed by atoms with van der Waals surface area (Å²) in [7, 11) is 0. The highest BCUT2D eigenvalue weighted by Gasteiger charge is 2.19. The van der Waals surface area contributed by atoms with Gasteiger partial charge in [0.15, 0.2) is 0 Å². The van der Waals surface area contributed by atoms with Crippen molar-refractivity contribution in [1.29, 1.82) is 0 Å². The molecule has 3 heterocycles. The Hall–Kier alpha value is -2.21. The van der Waals surface area contributed by atoms with Crippen LogP contribution in [0.3, 0.4) is 0 Å². The first-order chi connectivity index (χ1) is 11.3. The molecule has 4 rings (SSSR count). The normalized spacial score (nSPS) is 13.9. The van der Waals surface area contributed by atoms with Crippen molar-refractivity contribution in [2.45, 2.75) is 32.1 Å². The second-order valence-electron chi connectivity index (χ2n) is 5.85. The van der Waals surface area contributed by atoms with Crippen molar-refractivity contribution < 1.29 is 0 Å². The zero-order chi connectivity index (χ0) is 15.6. The van der Waals surface area contributed by atoms with Gasteiger partial charge in [-0.2, -0.15) is 0 Å². The highest BCUT2D eigenvalue weighted by atomic mass is 32.1. The van der Waals surface area contributed by atoms with E-state index in [2.05, 4.69) is 20.3 Å². The van der Waals surface area contributed by atoms with Crippen LogP contribution >= 0.6 is 11.3 Å². The molecule has 6 heteroatoms. The minimum Gasteiger partial charge on any atom is -0.369 e. The van der Waals surface area contributed by atoms with Gasteiger partial charge in [-0.3, -0.25) is 4.79 Å². The number of hydrogen-bond acceptors (Lipinski definition) is 5. The molecular weight excluding hydrogens is 308 g/mol. The summed E-state index contributed by atoms with van der Waals surface area (Å²) in [5.41, 5.74) is 2.49. The lowest BCUT2D eigenvalue weighted by molar-refractivity contribution is 0.700. The summed E-state index contributed by atoms with van der Waals surface area (Å²) in [5.74, 6) is 0.943. The van der Waals surface area contributed by atoms with E-state index in [1.54, 1.807) is 18.6 Å². The van der Waals surface area contributed by atoms with Gasteiger partial charge in [0.2, 0.25) is 5.56 Å². The highest BCUT2D eigenvalue weighted by molar-refractivity contribution is 7.19. The van der Waals surface area contributed by atoms with Crippen LogP contribution in [0.4, 0.5) is 5.82 Å². The second-order valence-corrected chi connectivity index (χ2v) is 6.93. The Balaban J connectivity index is 1.55. The molecule has 0 fully saturated rings. The lowest BCUT2D eigenvalue weighted by atomic mass is 9.97. The van der Waals surface area contributed by atoms with Crippen molar-refractivity contribution >= 4 is 27.4 Å². The first kappa shape index (κ1) is 14.4. The second kappa shape index (κ2) is 6.12. The van der Waals surface area contributed by atoms with Gasteiger partial charge in [-0.15, -0.1) is 11.3 Å². The SMILES string of the molecule is O=c1ccc(CCNc2ncnc3sc4c(c23)CCCC4)c[nH]1. The van der Waals surface area contributed by atoms with E-state index < -0.39 is 0 Å². The monoisotopic (exact) mass is 326 g/mol. The average Bonchev–Trinajstić information content (AvgIpc) is 2.96. The molecule has 3 aromatic rings. The molecule has 0 atom stereocenters. The van der Waals surface area contributed by atoms with Crippen molar-refractivity contribution in [3.63, 3.8) is 0 Å². The molecule has 23 heavy (non-hydrogen) atoms. The van der Waals surface area contributed by atoms with Gasteiger partial charge < -0.3 is 10.3 Å². The number of hydrogen-bond donors (Lipinski definition) is 2. The number of aromatic amines is 1. The lowest BCUT2D eigenvalue weighted by Gasteiger charge is -2.12. The van der Waals surface area contributed by atoms with E-state index in [9.17, 15) is 4.79 Å². The number of pyridine rings is 1. The molecular formula is C17H18N4OS. The third kappa shape index (κ3) is 2.86. The number of fused-ring (bicyclic) bond motifs is 3. The van der Waals surface area contributed by atoms with E-state index >= 15 is 0 Å². The van der Waals surface area contributed by atoms with Gasteiger partial charge in [0, 0.05) is 23.7 Å². The lowest BCUT2D eigenvalue weighted by Crippen LogP contribution is -2.09. The van der Waals surface area contributed by atoms with Crippen LogP contribution in [0.15, 0.2) is 29.5 Å². The zero-order valence-corrected chi connectivity index (χ0v) is 13.6. The first-order valence-electron chi connectivity index (χ1n) is 7.98. The molecule has 0 aromatic carbocycles. The molecule has 3 aromatic heterocycles. The van der Waals surface area contributed by atoms with Gasteiger partial charge in [0.1, 0.15) is 17.0 Å². The molecule has 0 bridgehead atoms. The van der Waals surface area contributed by atoms with Crippen LogP contribution in [0.25, 0.3) is 10.2 Å². The van der Waals surface area contributed by atoms with Gasteiger partial charge in [-0.05, 0) is 43.2 Å². The van der Waals surface area contributed by atoms with Gasteiger partial charge >= 0.3 is 0 Å². The van der Waals surface area contributed by atoms with E-state index in [0.29, 0.717) is 0 Å². The van der Waals surface area contributed by atoms with E-state index in [0.717, 1.165) is 35.6 Å². The minimum absolute atomic E-state index is 0.0656. The molecule has 0 aliphatic heterocycles. The smallest absolute Gasteiger partial charge is 0.247 e. The summed E-state index contributed by atoms with van der Waals surface area (Å²) in [5, 5.41) is 4.67. The van der Waals surface area contributed by atoms with Crippen LogP contribution in [0.2, 0.25) is 0 Å². The van der Waals surface area contributed by atoms with Gasteiger partial charge in [0.25, 0.3) is 0 Å². The van der Waals surface area contributed by atoms with Crippen LogP contribution in [0.5, 0.6) is 0 Å². The Morgan fingerprint density at radius 3 is 3.00 bits per heavy atom. The predicted molar refractivity (Wildman–Crippen MR) is 93.3 cm³/mol. The Morgan fingerprint density at radius 2 is 2.13 bits per heavy atom. The van der Waals surface area contributed by atoms with Crippen LogP contribution in [-0.4, -0.2) is 21.5 Å². The van der Waals surface area contributed by atoms with Crippen LogP contribution in [0.1, 0.15) is 28.8 Å². The molecule has 2 N–H and O–H groups in total. The fourth-order valence-corrected chi connectivity index (χ4v) is 4.38. The molecule has 0 spiro atoms. The number of rotatable bonds is 4. The zero-order valence-electron chi connectivity index (χ0n) is 12.8. The summed E-state index contributed by atoms with van der Waals surface area (Å²) in [4.78, 5) is 25.3. The fourth-order valence-electron chi connectivity index (χ4n) is 3.15. The third-order valence-corrected chi connectivity index (χ3v) is 5.51. The maximum atomic E-state index is 11.1. The Kier molecular flexibility index (Phi) is 3.83. The van der Waals surface area contributed by atoms with E-state index in [4.69, 9.17) is 0 Å². The van der Waals surface area contributed by atoms with Gasteiger partial charge in [0.05, 0.1) is 5.39 Å². The summed E-state index contributed by atoms with van der Waals surface area (Å²) in [6, 6.07) is 3.43. The molecule has 5 nitrogen and oxygen atoms in total. The maximum absolute atomic E-state index is 11.1. The van der Waals surface area contributed by atoms with Crippen LogP contribution < -0.4 is 10.9 Å². The molecule has 118 valence electrons. The Morgan fingerprint density at radius 1 is 1.22 bits per heavy atom. The largest absolute Gasteiger partial charge is 0.369 e. The van der Waals surface area contributed by atoms with E-state index in [1.165, 1.54) is 35.1 Å². The molecule has 0 radical (unpaired) electrons. The standard InChI is InChI=1S/C17H18N4OS/c22-14-6-5-11(9-19-14)7-8-18-16-15-12-3-1-2-4-13(12)23-17(15)21-10-20-16/h5-6,9-10H,1-4,7-8H2,(H,19,22)(H,18,20,21). The molecule has 0 saturated heterocycles. The number of thiophene rings is 1. The summed E-state index contributed by atoms with van der Waals surface area (Å²) in [6.45, 7) is 0.781. The topological polar surface area (TPSA) is 70.7 Å². The number of aryl methyl sites for hydroxylation is 2. The van der Waals surface area contributed by atoms with E-state index in [-0.39, 0.29) is 5.56 Å². The molecule has 0 unspecified atom stereocenters. The van der Waals surface area contributed by atoms with Crippen molar-refractivity contribution in [3.8, 4) is 0 Å². The summed E-state index contributed by atoms with van der Waals surface area (Å²) >= 11 is 1.81. The number of H-pyrrole nitrogens is 1.